The molecule has 9 nitrogen and oxygen atoms in total. The molecular formula is C29H28N6O3S. The number of carbonyl (C=O) groups is 1. The van der Waals surface area contributed by atoms with Gasteiger partial charge in [0.2, 0.25) is 0 Å². The van der Waals surface area contributed by atoms with E-state index in [1.54, 1.807) is 16.2 Å². The van der Waals surface area contributed by atoms with Gasteiger partial charge in [-0.05, 0) is 54.4 Å². The number of aromatic amines is 1. The molecule has 4 N–H and O–H groups in total. The number of morpholine rings is 1. The fourth-order valence-corrected chi connectivity index (χ4v) is 5.86. The molecule has 3 aromatic carbocycles. The van der Waals surface area contributed by atoms with E-state index >= 15 is 0 Å². The van der Waals surface area contributed by atoms with Crippen LogP contribution in [0.15, 0.2) is 66.7 Å². The van der Waals surface area contributed by atoms with Crippen LogP contribution >= 0.6 is 11.3 Å². The van der Waals surface area contributed by atoms with E-state index in [-0.39, 0.29) is 24.3 Å². The highest BCUT2D eigenvalue weighted by atomic mass is 32.1. The Morgan fingerprint density at radius 3 is 2.74 bits per heavy atom. The summed E-state index contributed by atoms with van der Waals surface area (Å²) in [5, 5.41) is 8.71. The lowest BCUT2D eigenvalue weighted by Gasteiger charge is -2.26. The molecule has 0 spiro atoms. The highest BCUT2D eigenvalue weighted by molar-refractivity contribution is 7.18. The second-order valence-electron chi connectivity index (χ2n) is 9.47. The predicted molar refractivity (Wildman–Crippen MR) is 152 cm³/mol. The number of thiazole rings is 1. The third-order valence-corrected chi connectivity index (χ3v) is 7.95. The Morgan fingerprint density at radius 2 is 1.92 bits per heavy atom. The van der Waals surface area contributed by atoms with Crippen molar-refractivity contribution in [3.63, 3.8) is 0 Å². The van der Waals surface area contributed by atoms with Crippen molar-refractivity contribution in [3.05, 3.63) is 88.7 Å². The Hall–Kier alpha value is -4.28. The van der Waals surface area contributed by atoms with E-state index < -0.39 is 0 Å². The Kier molecular flexibility index (Phi) is 6.95. The molecule has 1 aliphatic heterocycles. The molecule has 0 bridgehead atoms. The zero-order chi connectivity index (χ0) is 26.8. The molecule has 5 aromatic rings. The molecule has 198 valence electrons. The lowest BCUT2D eigenvalue weighted by molar-refractivity contribution is -0.137. The van der Waals surface area contributed by atoms with Crippen LogP contribution in [0.5, 0.6) is 5.75 Å². The summed E-state index contributed by atoms with van der Waals surface area (Å²) < 4.78 is 12.2. The number of ether oxygens (including phenoxy) is 2. The maximum Gasteiger partial charge on any atom is 0.260 e. The molecule has 3 heterocycles. The molecule has 10 heteroatoms. The number of benzene rings is 3. The summed E-state index contributed by atoms with van der Waals surface area (Å²) in [6.45, 7) is 2.31. The van der Waals surface area contributed by atoms with Crippen LogP contribution in [0.3, 0.4) is 0 Å². The van der Waals surface area contributed by atoms with Crippen LogP contribution in [-0.2, 0) is 16.0 Å². The van der Waals surface area contributed by atoms with Crippen molar-refractivity contribution in [2.24, 2.45) is 5.73 Å². The zero-order valence-corrected chi connectivity index (χ0v) is 22.0. The number of imidazole rings is 1. The van der Waals surface area contributed by atoms with E-state index in [9.17, 15) is 4.79 Å². The van der Waals surface area contributed by atoms with Crippen LogP contribution < -0.4 is 10.5 Å². The highest BCUT2D eigenvalue weighted by Gasteiger charge is 2.24. The topological polar surface area (TPSA) is 130 Å². The van der Waals surface area contributed by atoms with Crippen LogP contribution in [0.2, 0.25) is 0 Å². The van der Waals surface area contributed by atoms with Gasteiger partial charge in [-0.2, -0.15) is 0 Å². The summed E-state index contributed by atoms with van der Waals surface area (Å²) in [6, 6.07) is 21.4. The van der Waals surface area contributed by atoms with Crippen molar-refractivity contribution in [1.82, 2.24) is 19.9 Å². The normalized spacial score (nSPS) is 14.5. The van der Waals surface area contributed by atoms with Gasteiger partial charge in [-0.3, -0.25) is 10.2 Å². The fourth-order valence-electron chi connectivity index (χ4n) is 4.74. The summed E-state index contributed by atoms with van der Waals surface area (Å²) in [6.07, 6.45) is 0.633. The molecular weight excluding hydrogens is 512 g/mol. The van der Waals surface area contributed by atoms with Gasteiger partial charge in [0.25, 0.3) is 5.91 Å². The zero-order valence-electron chi connectivity index (χ0n) is 21.2. The van der Waals surface area contributed by atoms with E-state index in [1.807, 2.05) is 66.7 Å². The number of rotatable bonds is 8. The number of amides is 1. The lowest BCUT2D eigenvalue weighted by atomic mass is 9.99. The van der Waals surface area contributed by atoms with E-state index in [1.165, 1.54) is 0 Å². The van der Waals surface area contributed by atoms with Crippen LogP contribution in [0.1, 0.15) is 27.9 Å². The first-order valence-corrected chi connectivity index (χ1v) is 13.6. The van der Waals surface area contributed by atoms with E-state index in [0.29, 0.717) is 44.0 Å². The molecule has 39 heavy (non-hydrogen) atoms. The first kappa shape index (κ1) is 25.0. The van der Waals surface area contributed by atoms with Crippen LogP contribution in [0, 0.1) is 5.41 Å². The predicted octanol–water partition coefficient (Wildman–Crippen LogP) is 4.07. The fraction of sp³-hybridized carbons (Fsp3) is 0.241. The number of nitrogens with one attached hydrogen (secondary N) is 2. The number of hydrogen-bond acceptors (Lipinski definition) is 7. The van der Waals surface area contributed by atoms with Gasteiger partial charge >= 0.3 is 0 Å². The maximum absolute atomic E-state index is 12.5. The SMILES string of the molecule is N=C(N)c1ccc2nc(C(Cc3cccc(OCC(=O)N4CCOCC4)c3)c3nc4ccccc4[nH]3)sc2c1. The van der Waals surface area contributed by atoms with Gasteiger partial charge < -0.3 is 25.1 Å². The summed E-state index contributed by atoms with van der Waals surface area (Å²) in [5.41, 5.74) is 10.2. The van der Waals surface area contributed by atoms with Gasteiger partial charge in [0, 0.05) is 18.7 Å². The van der Waals surface area contributed by atoms with Gasteiger partial charge in [0.1, 0.15) is 22.4 Å². The number of hydrogen-bond donors (Lipinski definition) is 3. The van der Waals surface area contributed by atoms with Crippen molar-refractivity contribution in [3.8, 4) is 5.75 Å². The smallest absolute Gasteiger partial charge is 0.260 e. The van der Waals surface area contributed by atoms with E-state index in [4.69, 9.17) is 30.6 Å². The van der Waals surface area contributed by atoms with Crippen molar-refractivity contribution >= 4 is 44.3 Å². The molecule has 0 aliphatic carbocycles. The number of H-pyrrole nitrogens is 1. The second-order valence-corrected chi connectivity index (χ2v) is 10.5. The minimum absolute atomic E-state index is 0.00714. The van der Waals surface area contributed by atoms with E-state index in [2.05, 4.69) is 4.98 Å². The third-order valence-electron chi connectivity index (χ3n) is 6.82. The molecule has 1 saturated heterocycles. The number of carbonyl (C=O) groups excluding carboxylic acids is 1. The number of para-hydroxylation sites is 2. The third kappa shape index (κ3) is 5.47. The standard InChI is InChI=1S/C29H28N6O3S/c30-27(31)19-8-9-24-25(16-19)39-29(34-24)21(28-32-22-6-1-2-7-23(22)33-28)15-18-4-3-5-20(14-18)38-17-26(36)35-10-12-37-13-11-35/h1-9,14,16,21H,10-13,15,17H2,(H3,30,31)(H,32,33). The van der Waals surface area contributed by atoms with Gasteiger partial charge in [-0.1, -0.05) is 24.3 Å². The van der Waals surface area contributed by atoms with Gasteiger partial charge in [0.15, 0.2) is 6.61 Å². The average Bonchev–Trinajstić information content (AvgIpc) is 3.59. The van der Waals surface area contributed by atoms with Crippen LogP contribution in [0.4, 0.5) is 0 Å². The molecule has 0 radical (unpaired) electrons. The first-order chi connectivity index (χ1) is 19.0. The molecule has 1 fully saturated rings. The molecule has 1 unspecified atom stereocenters. The number of nitrogen functional groups attached to an aromatic ring is 1. The van der Waals surface area contributed by atoms with Gasteiger partial charge in [0.05, 0.1) is 40.4 Å². The first-order valence-electron chi connectivity index (χ1n) is 12.8. The van der Waals surface area contributed by atoms with Crippen molar-refractivity contribution < 1.29 is 14.3 Å². The largest absolute Gasteiger partial charge is 0.484 e. The highest BCUT2D eigenvalue weighted by Crippen LogP contribution is 2.35. The van der Waals surface area contributed by atoms with Crippen LogP contribution in [0.25, 0.3) is 21.3 Å². The lowest BCUT2D eigenvalue weighted by Crippen LogP contribution is -2.42. The number of amidine groups is 1. The molecule has 1 atom stereocenters. The minimum atomic E-state index is -0.138. The number of nitrogens with zero attached hydrogens (tertiary/aromatic N) is 3. The summed E-state index contributed by atoms with van der Waals surface area (Å²) in [7, 11) is 0. The number of nitrogens with two attached hydrogens (primary N) is 1. The molecule has 1 aliphatic rings. The second kappa shape index (κ2) is 10.8. The number of aromatic nitrogens is 3. The van der Waals surface area contributed by atoms with Crippen molar-refractivity contribution in [1.29, 1.82) is 5.41 Å². The molecule has 2 aromatic heterocycles. The van der Waals surface area contributed by atoms with Gasteiger partial charge in [-0.25, -0.2) is 9.97 Å². The Labute approximate surface area is 229 Å². The van der Waals surface area contributed by atoms with E-state index in [0.717, 1.165) is 37.6 Å². The minimum Gasteiger partial charge on any atom is -0.484 e. The Balaban J connectivity index is 1.29. The van der Waals surface area contributed by atoms with Crippen LogP contribution in [-0.4, -0.2) is 64.5 Å². The maximum atomic E-state index is 12.5. The average molecular weight is 541 g/mol. The summed E-state index contributed by atoms with van der Waals surface area (Å²) >= 11 is 1.58. The monoisotopic (exact) mass is 540 g/mol. The Morgan fingerprint density at radius 1 is 1.08 bits per heavy atom. The molecule has 6 rings (SSSR count). The van der Waals surface area contributed by atoms with Crippen molar-refractivity contribution in [2.75, 3.05) is 32.9 Å². The number of fused-ring (bicyclic) bond motifs is 2. The Bertz CT molecular complexity index is 1620. The summed E-state index contributed by atoms with van der Waals surface area (Å²) in [5.74, 6) is 1.33. The summed E-state index contributed by atoms with van der Waals surface area (Å²) in [4.78, 5) is 27.7. The molecule has 0 saturated carbocycles. The van der Waals surface area contributed by atoms with Gasteiger partial charge in [-0.15, -0.1) is 11.3 Å². The molecule has 1 amide bonds. The van der Waals surface area contributed by atoms with Crippen molar-refractivity contribution in [2.45, 2.75) is 12.3 Å². The quantitative estimate of drug-likeness (QED) is 0.201.